The number of nitrogens with zero attached hydrogens (tertiary/aromatic N) is 3. The van der Waals surface area contributed by atoms with Crippen LogP contribution in [0.3, 0.4) is 0 Å². The number of carbonyl (C=O) groups excluding carboxylic acids is 2. The first-order valence-corrected chi connectivity index (χ1v) is 11.2. The van der Waals surface area contributed by atoms with Gasteiger partial charge in [0.15, 0.2) is 0 Å². The molecule has 0 saturated carbocycles. The molecule has 0 aliphatic carbocycles. The Morgan fingerprint density at radius 1 is 1.33 bits per heavy atom. The van der Waals surface area contributed by atoms with Crippen LogP contribution in [0.5, 0.6) is 5.75 Å². The van der Waals surface area contributed by atoms with E-state index in [1.165, 1.54) is 11.5 Å². The van der Waals surface area contributed by atoms with Crippen LogP contribution in [-0.2, 0) is 16.0 Å². The van der Waals surface area contributed by atoms with Gasteiger partial charge in [-0.2, -0.15) is 4.37 Å². The van der Waals surface area contributed by atoms with Gasteiger partial charge in [0.2, 0.25) is 16.9 Å². The second-order valence-corrected chi connectivity index (χ2v) is 8.45. The Morgan fingerprint density at radius 3 is 3.10 bits per heavy atom. The highest BCUT2D eigenvalue weighted by atomic mass is 32.1. The van der Waals surface area contributed by atoms with Crippen LogP contribution in [0.2, 0.25) is 0 Å². The number of nitrogens with one attached hydrogen (secondary N) is 2. The summed E-state index contributed by atoms with van der Waals surface area (Å²) < 4.78 is 9.78. The van der Waals surface area contributed by atoms with E-state index < -0.39 is 6.04 Å². The summed E-state index contributed by atoms with van der Waals surface area (Å²) in [4.78, 5) is 31.8. The molecule has 160 valence electrons. The Balaban J connectivity index is 1.42. The molecule has 2 unspecified atom stereocenters. The molecule has 2 saturated heterocycles. The van der Waals surface area contributed by atoms with Gasteiger partial charge in [0.05, 0.1) is 7.11 Å². The molecular weight excluding hydrogens is 402 g/mol. The van der Waals surface area contributed by atoms with E-state index in [-0.39, 0.29) is 17.9 Å². The lowest BCUT2D eigenvalue weighted by atomic mass is 10.1. The highest BCUT2D eigenvalue weighted by Gasteiger charge is 2.35. The van der Waals surface area contributed by atoms with Crippen LogP contribution in [0, 0.1) is 0 Å². The van der Waals surface area contributed by atoms with Crippen molar-refractivity contribution >= 4 is 28.5 Å². The minimum absolute atomic E-state index is 0.0816. The van der Waals surface area contributed by atoms with E-state index in [0.29, 0.717) is 19.4 Å². The molecule has 2 aromatic rings. The van der Waals surface area contributed by atoms with Crippen molar-refractivity contribution in [3.8, 4) is 5.75 Å². The van der Waals surface area contributed by atoms with Gasteiger partial charge >= 0.3 is 0 Å². The fraction of sp³-hybridized carbons (Fsp3) is 0.524. The van der Waals surface area contributed by atoms with Crippen molar-refractivity contribution in [2.24, 2.45) is 0 Å². The van der Waals surface area contributed by atoms with Gasteiger partial charge in [-0.3, -0.25) is 9.59 Å². The van der Waals surface area contributed by atoms with E-state index in [4.69, 9.17) is 4.74 Å². The van der Waals surface area contributed by atoms with Gasteiger partial charge in [0.25, 0.3) is 0 Å². The molecule has 2 atom stereocenters. The Hall–Kier alpha value is -2.68. The molecule has 1 aromatic heterocycles. The number of benzene rings is 1. The fourth-order valence-electron chi connectivity index (χ4n) is 4.01. The first-order valence-electron chi connectivity index (χ1n) is 10.4. The first-order chi connectivity index (χ1) is 14.6. The van der Waals surface area contributed by atoms with Crippen LogP contribution in [0.4, 0.5) is 5.13 Å². The number of methoxy groups -OCH3 is 1. The van der Waals surface area contributed by atoms with E-state index in [0.717, 1.165) is 54.5 Å². The topological polar surface area (TPSA) is 96.5 Å². The maximum Gasteiger partial charge on any atom is 0.243 e. The zero-order valence-electron chi connectivity index (χ0n) is 17.1. The number of carbonyl (C=O) groups is 2. The van der Waals surface area contributed by atoms with Gasteiger partial charge in [-0.1, -0.05) is 12.1 Å². The predicted octanol–water partition coefficient (Wildman–Crippen LogP) is 1.89. The third-order valence-electron chi connectivity index (χ3n) is 5.61. The van der Waals surface area contributed by atoms with Gasteiger partial charge < -0.3 is 20.3 Å². The molecule has 4 rings (SSSR count). The first kappa shape index (κ1) is 20.6. The van der Waals surface area contributed by atoms with Crippen molar-refractivity contribution in [2.75, 3.05) is 25.1 Å². The number of rotatable bonds is 6. The smallest absolute Gasteiger partial charge is 0.243 e. The molecule has 0 bridgehead atoms. The predicted molar refractivity (Wildman–Crippen MR) is 115 cm³/mol. The zero-order chi connectivity index (χ0) is 20.9. The van der Waals surface area contributed by atoms with Crippen LogP contribution in [0.15, 0.2) is 24.3 Å². The Kier molecular flexibility index (Phi) is 6.47. The molecule has 1 aromatic carbocycles. The molecule has 3 heterocycles. The van der Waals surface area contributed by atoms with Gasteiger partial charge in [0.1, 0.15) is 23.7 Å². The average molecular weight is 430 g/mol. The van der Waals surface area contributed by atoms with E-state index in [1.54, 1.807) is 7.11 Å². The quantitative estimate of drug-likeness (QED) is 0.728. The molecular formula is C21H27N5O3S. The maximum absolute atomic E-state index is 12.9. The summed E-state index contributed by atoms with van der Waals surface area (Å²) in [6, 6.07) is 7.11. The molecule has 2 aliphatic heterocycles. The van der Waals surface area contributed by atoms with Crippen LogP contribution < -0.4 is 20.3 Å². The molecule has 0 radical (unpaired) electrons. The number of ether oxygens (including phenoxy) is 1. The van der Waals surface area contributed by atoms with Crippen molar-refractivity contribution in [2.45, 2.75) is 50.6 Å². The molecule has 30 heavy (non-hydrogen) atoms. The van der Waals surface area contributed by atoms with E-state index in [2.05, 4.69) is 20.0 Å². The molecule has 2 amide bonds. The maximum atomic E-state index is 12.9. The van der Waals surface area contributed by atoms with E-state index in [1.807, 2.05) is 29.2 Å². The highest BCUT2D eigenvalue weighted by molar-refractivity contribution is 7.09. The van der Waals surface area contributed by atoms with Crippen molar-refractivity contribution in [1.29, 1.82) is 0 Å². The molecule has 2 fully saturated rings. The number of amides is 2. The van der Waals surface area contributed by atoms with Crippen LogP contribution in [0.25, 0.3) is 0 Å². The van der Waals surface area contributed by atoms with E-state index >= 15 is 0 Å². The van der Waals surface area contributed by atoms with Gasteiger partial charge in [-0.25, -0.2) is 4.98 Å². The molecule has 2 aliphatic rings. The van der Waals surface area contributed by atoms with Crippen molar-refractivity contribution in [3.63, 3.8) is 0 Å². The molecule has 2 N–H and O–H groups in total. The van der Waals surface area contributed by atoms with E-state index in [9.17, 15) is 9.59 Å². The second kappa shape index (κ2) is 9.42. The van der Waals surface area contributed by atoms with Crippen molar-refractivity contribution in [3.05, 3.63) is 35.7 Å². The number of anilines is 1. The SMILES string of the molecule is COc1cccc(Cc2nsc(N3CCCC3C(=O)NC3CCCCNC3=O)n2)c1. The minimum Gasteiger partial charge on any atom is -0.497 e. The average Bonchev–Trinajstić information content (AvgIpc) is 3.37. The third-order valence-corrected chi connectivity index (χ3v) is 6.40. The van der Waals surface area contributed by atoms with Crippen molar-refractivity contribution in [1.82, 2.24) is 20.0 Å². The fourth-order valence-corrected chi connectivity index (χ4v) is 4.77. The molecule has 0 spiro atoms. The largest absolute Gasteiger partial charge is 0.497 e. The Bertz CT molecular complexity index is 902. The van der Waals surface area contributed by atoms with Crippen molar-refractivity contribution < 1.29 is 14.3 Å². The van der Waals surface area contributed by atoms with Gasteiger partial charge in [-0.15, -0.1) is 0 Å². The summed E-state index contributed by atoms with van der Waals surface area (Å²) in [6.45, 7) is 1.45. The Labute approximate surface area is 180 Å². The second-order valence-electron chi connectivity index (χ2n) is 7.72. The van der Waals surface area contributed by atoms with Crippen LogP contribution in [0.1, 0.15) is 43.5 Å². The Morgan fingerprint density at radius 2 is 2.23 bits per heavy atom. The minimum atomic E-state index is -0.444. The summed E-state index contributed by atoms with van der Waals surface area (Å²) in [6.07, 6.45) is 4.86. The summed E-state index contributed by atoms with van der Waals surface area (Å²) in [7, 11) is 1.65. The van der Waals surface area contributed by atoms with Crippen LogP contribution in [-0.4, -0.2) is 53.5 Å². The standard InChI is InChI=1S/C21H27N5O3S/c1-29-15-7-4-6-14(12-15)13-18-24-21(30-25-18)26-11-5-9-17(26)20(28)23-16-8-2-3-10-22-19(16)27/h4,6-7,12,16-17H,2-3,5,8-11,13H2,1H3,(H,22,27)(H,23,28). The number of hydrogen-bond acceptors (Lipinski definition) is 7. The third kappa shape index (κ3) is 4.72. The summed E-state index contributed by atoms with van der Waals surface area (Å²) in [5.74, 6) is 1.36. The number of aromatic nitrogens is 2. The molecule has 8 nitrogen and oxygen atoms in total. The number of hydrogen-bond donors (Lipinski definition) is 2. The van der Waals surface area contributed by atoms with Crippen LogP contribution >= 0.6 is 11.5 Å². The highest BCUT2D eigenvalue weighted by Crippen LogP contribution is 2.28. The lowest BCUT2D eigenvalue weighted by Crippen LogP contribution is -2.51. The molecule has 9 heteroatoms. The lowest BCUT2D eigenvalue weighted by Gasteiger charge is -2.25. The lowest BCUT2D eigenvalue weighted by molar-refractivity contribution is -0.129. The summed E-state index contributed by atoms with van der Waals surface area (Å²) in [5.41, 5.74) is 1.08. The van der Waals surface area contributed by atoms with Gasteiger partial charge in [-0.05, 0) is 49.8 Å². The summed E-state index contributed by atoms with van der Waals surface area (Å²) in [5, 5.41) is 6.59. The van der Waals surface area contributed by atoms with Gasteiger partial charge in [0, 0.05) is 31.0 Å². The zero-order valence-corrected chi connectivity index (χ0v) is 17.9. The summed E-state index contributed by atoms with van der Waals surface area (Å²) >= 11 is 1.32. The monoisotopic (exact) mass is 429 g/mol. The normalized spacial score (nSPS) is 21.8.